The largest absolute Gasteiger partial charge is 0.323 e. The van der Waals surface area contributed by atoms with Gasteiger partial charge >= 0.3 is 0 Å². The first-order valence-corrected chi connectivity index (χ1v) is 10.7. The summed E-state index contributed by atoms with van der Waals surface area (Å²) in [5, 5.41) is 5.12. The second-order valence-corrected chi connectivity index (χ2v) is 8.48. The van der Waals surface area contributed by atoms with Crippen LogP contribution in [0.15, 0.2) is 47.3 Å². The van der Waals surface area contributed by atoms with Crippen LogP contribution in [0, 0.1) is 12.7 Å². The summed E-state index contributed by atoms with van der Waals surface area (Å²) < 4.78 is 14.2. The Labute approximate surface area is 188 Å². The first kappa shape index (κ1) is 20.9. The lowest BCUT2D eigenvalue weighted by atomic mass is 9.92. The maximum Gasteiger partial charge on any atom is 0.258 e. The first-order valence-electron chi connectivity index (χ1n) is 10.7. The zero-order valence-electron chi connectivity index (χ0n) is 18.1. The number of fused-ring (bicyclic) bond motifs is 2. The highest BCUT2D eigenvalue weighted by molar-refractivity contribution is 6.04. The molecule has 2 aliphatic heterocycles. The van der Waals surface area contributed by atoms with Crippen LogP contribution in [0.25, 0.3) is 0 Å². The lowest BCUT2D eigenvalue weighted by molar-refractivity contribution is -0.123. The van der Waals surface area contributed by atoms with Gasteiger partial charge in [-0.2, -0.15) is 4.98 Å². The van der Waals surface area contributed by atoms with E-state index in [1.54, 1.807) is 13.0 Å². The number of para-hydroxylation sites is 1. The van der Waals surface area contributed by atoms with Gasteiger partial charge in [-0.3, -0.25) is 19.4 Å². The van der Waals surface area contributed by atoms with Crippen LogP contribution < -0.4 is 21.1 Å². The molecule has 0 saturated heterocycles. The van der Waals surface area contributed by atoms with Gasteiger partial charge in [-0.05, 0) is 49.6 Å². The van der Waals surface area contributed by atoms with Crippen molar-refractivity contribution in [2.24, 2.45) is 0 Å². The van der Waals surface area contributed by atoms with E-state index in [-0.39, 0.29) is 29.5 Å². The van der Waals surface area contributed by atoms with E-state index in [9.17, 15) is 18.8 Å². The number of hydrogen-bond donors (Lipinski definition) is 3. The monoisotopic (exact) mass is 447 g/mol. The Balaban J connectivity index is 1.52. The number of nitrogens with one attached hydrogen (secondary N) is 3. The molecule has 2 amide bonds. The average Bonchev–Trinajstić information content (AvgIpc) is 3.10. The van der Waals surface area contributed by atoms with Crippen molar-refractivity contribution in [1.29, 1.82) is 0 Å². The van der Waals surface area contributed by atoms with Gasteiger partial charge in [0.15, 0.2) is 0 Å². The smallest absolute Gasteiger partial charge is 0.258 e. The van der Waals surface area contributed by atoms with Gasteiger partial charge in [0.1, 0.15) is 11.6 Å². The molecule has 2 aliphatic rings. The number of aromatic amines is 1. The second-order valence-electron chi connectivity index (χ2n) is 8.48. The lowest BCUT2D eigenvalue weighted by Gasteiger charge is -2.27. The van der Waals surface area contributed by atoms with Crippen LogP contribution in [0.2, 0.25) is 0 Å². The van der Waals surface area contributed by atoms with E-state index in [1.807, 2.05) is 36.1 Å². The molecule has 0 spiro atoms. The van der Waals surface area contributed by atoms with E-state index in [2.05, 4.69) is 20.6 Å². The Morgan fingerprint density at radius 1 is 1.18 bits per heavy atom. The van der Waals surface area contributed by atoms with Crippen molar-refractivity contribution in [3.05, 3.63) is 75.3 Å². The average molecular weight is 447 g/mol. The van der Waals surface area contributed by atoms with E-state index in [0.29, 0.717) is 11.5 Å². The summed E-state index contributed by atoms with van der Waals surface area (Å²) in [7, 11) is 0. The van der Waals surface area contributed by atoms with Crippen LogP contribution in [-0.4, -0.2) is 27.8 Å². The second kappa shape index (κ2) is 7.84. The van der Waals surface area contributed by atoms with Gasteiger partial charge < -0.3 is 15.5 Å². The fraction of sp³-hybridized carbons (Fsp3) is 0.250. The molecule has 0 aliphatic carbocycles. The SMILES string of the molecule is Cc1ccc(NC(=O)[C@@H]2CC(=O)Nc3nc(N4c5ccccc5C[C@H]4C)[nH]c(=O)c32)c(F)c1. The number of aromatic nitrogens is 2. The number of H-pyrrole nitrogens is 1. The Morgan fingerprint density at radius 3 is 2.76 bits per heavy atom. The Bertz CT molecular complexity index is 1350. The molecule has 5 rings (SSSR count). The standard InChI is InChI=1S/C24H22FN5O3/c1-12-7-8-17(16(25)9-12)26-22(32)15-11-19(31)27-21-20(15)23(33)29-24(28-21)30-13(2)10-14-5-3-4-6-18(14)30/h3-9,13,15H,10-11H2,1-2H3,(H,26,32)(H2,27,28,29,31,33)/t13-,15-/m1/s1. The maximum atomic E-state index is 14.2. The maximum absolute atomic E-state index is 14.2. The van der Waals surface area contributed by atoms with Crippen molar-refractivity contribution in [2.75, 3.05) is 15.5 Å². The van der Waals surface area contributed by atoms with Gasteiger partial charge in [0.05, 0.1) is 17.2 Å². The van der Waals surface area contributed by atoms with Gasteiger partial charge in [-0.25, -0.2) is 4.39 Å². The van der Waals surface area contributed by atoms with Crippen LogP contribution in [0.1, 0.15) is 36.0 Å². The van der Waals surface area contributed by atoms with Crippen LogP contribution >= 0.6 is 0 Å². The van der Waals surface area contributed by atoms with Gasteiger partial charge in [0.25, 0.3) is 5.56 Å². The number of amides is 2. The molecule has 2 aromatic carbocycles. The highest BCUT2D eigenvalue weighted by Gasteiger charge is 2.36. The zero-order chi connectivity index (χ0) is 23.3. The summed E-state index contributed by atoms with van der Waals surface area (Å²) in [4.78, 5) is 47.7. The zero-order valence-corrected chi connectivity index (χ0v) is 18.1. The van der Waals surface area contributed by atoms with Crippen LogP contribution in [0.3, 0.4) is 0 Å². The Kier molecular flexibility index (Phi) is 4.96. The third-order valence-corrected chi connectivity index (χ3v) is 6.07. The minimum Gasteiger partial charge on any atom is -0.323 e. The number of benzene rings is 2. The fourth-order valence-corrected chi connectivity index (χ4v) is 4.53. The molecule has 1 aromatic heterocycles. The van der Waals surface area contributed by atoms with Crippen molar-refractivity contribution in [3.63, 3.8) is 0 Å². The van der Waals surface area contributed by atoms with Gasteiger partial charge in [0.2, 0.25) is 17.8 Å². The first-order chi connectivity index (χ1) is 15.8. The lowest BCUT2D eigenvalue weighted by Crippen LogP contribution is -2.38. The van der Waals surface area contributed by atoms with Gasteiger partial charge in [-0.1, -0.05) is 24.3 Å². The number of nitrogens with zero attached hydrogens (tertiary/aromatic N) is 2. The molecule has 8 nitrogen and oxygen atoms in total. The van der Waals surface area contributed by atoms with E-state index < -0.39 is 29.1 Å². The molecule has 2 atom stereocenters. The molecule has 168 valence electrons. The van der Waals surface area contributed by atoms with Crippen molar-refractivity contribution in [1.82, 2.24) is 9.97 Å². The highest BCUT2D eigenvalue weighted by atomic mass is 19.1. The Morgan fingerprint density at radius 2 is 1.97 bits per heavy atom. The third kappa shape index (κ3) is 3.65. The number of anilines is 4. The number of rotatable bonds is 3. The number of carbonyl (C=O) groups is 2. The topological polar surface area (TPSA) is 107 Å². The molecular weight excluding hydrogens is 425 g/mol. The van der Waals surface area contributed by atoms with Gasteiger partial charge in [-0.15, -0.1) is 0 Å². The number of halogens is 1. The van der Waals surface area contributed by atoms with Crippen LogP contribution in [0.4, 0.5) is 27.5 Å². The highest BCUT2D eigenvalue weighted by Crippen LogP contribution is 2.38. The van der Waals surface area contributed by atoms with Crippen molar-refractivity contribution < 1.29 is 14.0 Å². The summed E-state index contributed by atoms with van der Waals surface area (Å²) in [5.74, 6) is -2.43. The summed E-state index contributed by atoms with van der Waals surface area (Å²) in [5.41, 5.74) is 2.30. The van der Waals surface area contributed by atoms with E-state index in [4.69, 9.17) is 0 Å². The van der Waals surface area contributed by atoms with Crippen LogP contribution in [0.5, 0.6) is 0 Å². The predicted octanol–water partition coefficient (Wildman–Crippen LogP) is 3.36. The fourth-order valence-electron chi connectivity index (χ4n) is 4.53. The molecule has 3 heterocycles. The molecule has 3 aromatic rings. The molecular formula is C24H22FN5O3. The summed E-state index contributed by atoms with van der Waals surface area (Å²) >= 11 is 0. The quantitative estimate of drug-likeness (QED) is 0.571. The van der Waals surface area contributed by atoms with Crippen molar-refractivity contribution in [2.45, 2.75) is 38.6 Å². The minimum absolute atomic E-state index is 0.0124. The normalized spacial score (nSPS) is 19.0. The predicted molar refractivity (Wildman–Crippen MR) is 122 cm³/mol. The van der Waals surface area contributed by atoms with Gasteiger partial charge in [0, 0.05) is 18.2 Å². The van der Waals surface area contributed by atoms with E-state index in [0.717, 1.165) is 17.7 Å². The van der Waals surface area contributed by atoms with Crippen molar-refractivity contribution >= 4 is 35.0 Å². The van der Waals surface area contributed by atoms with E-state index >= 15 is 0 Å². The summed E-state index contributed by atoms with van der Waals surface area (Å²) in [6, 6.07) is 12.3. The Hall–Kier alpha value is -4.01. The molecule has 3 N–H and O–H groups in total. The molecule has 0 saturated carbocycles. The summed E-state index contributed by atoms with van der Waals surface area (Å²) in [6.07, 6.45) is 0.551. The number of aryl methyl sites for hydroxylation is 1. The summed E-state index contributed by atoms with van der Waals surface area (Å²) in [6.45, 7) is 3.75. The molecule has 9 heteroatoms. The molecule has 0 radical (unpaired) electrons. The molecule has 33 heavy (non-hydrogen) atoms. The third-order valence-electron chi connectivity index (χ3n) is 6.07. The van der Waals surface area contributed by atoms with Crippen molar-refractivity contribution in [3.8, 4) is 0 Å². The molecule has 0 bridgehead atoms. The molecule has 0 fully saturated rings. The minimum atomic E-state index is -1.09. The van der Waals surface area contributed by atoms with E-state index in [1.165, 1.54) is 12.1 Å². The van der Waals surface area contributed by atoms with Crippen LogP contribution in [-0.2, 0) is 16.0 Å². The molecule has 0 unspecified atom stereocenters. The number of carbonyl (C=O) groups excluding carboxylic acids is 2. The number of hydrogen-bond acceptors (Lipinski definition) is 5.